The molecule has 1 aromatic heterocycles. The van der Waals surface area contributed by atoms with E-state index in [1.807, 2.05) is 51.1 Å². The van der Waals surface area contributed by atoms with Crippen molar-refractivity contribution in [3.63, 3.8) is 0 Å². The van der Waals surface area contributed by atoms with E-state index in [-0.39, 0.29) is 0 Å². The predicted octanol–water partition coefficient (Wildman–Crippen LogP) is 4.23. The highest BCUT2D eigenvalue weighted by Gasteiger charge is 2.07. The van der Waals surface area contributed by atoms with Crippen molar-refractivity contribution in [2.75, 3.05) is 0 Å². The first kappa shape index (κ1) is 15.4. The number of aromatic nitrogens is 1. The quantitative estimate of drug-likeness (QED) is 0.626. The van der Waals surface area contributed by atoms with E-state index < -0.39 is 0 Å². The van der Waals surface area contributed by atoms with Gasteiger partial charge in [-0.15, -0.1) is 0 Å². The Hall–Kier alpha value is -2.00. The number of hydrogen-bond acceptors (Lipinski definition) is 3. The number of nitrogens with zero attached hydrogens (tertiary/aromatic N) is 2. The maximum atomic E-state index is 10.6. The van der Waals surface area contributed by atoms with Gasteiger partial charge in [0.1, 0.15) is 6.29 Å². The molecule has 0 bridgehead atoms. The van der Waals surface area contributed by atoms with Gasteiger partial charge in [-0.25, -0.2) is 4.99 Å². The summed E-state index contributed by atoms with van der Waals surface area (Å²) in [5.74, 6) is 0. The zero-order valence-electron chi connectivity index (χ0n) is 12.4. The molecule has 0 aliphatic carbocycles. The Balaban J connectivity index is 2.42. The molecule has 21 heavy (non-hydrogen) atoms. The van der Waals surface area contributed by atoms with Crippen LogP contribution in [0.2, 0.25) is 5.02 Å². The van der Waals surface area contributed by atoms with Gasteiger partial charge in [-0.2, -0.15) is 0 Å². The minimum absolute atomic E-state index is 0.311. The lowest BCUT2D eigenvalue weighted by Gasteiger charge is -2.07. The number of aliphatic imine (C=N–C) groups is 1. The van der Waals surface area contributed by atoms with E-state index in [1.54, 1.807) is 0 Å². The molecule has 0 spiro atoms. The van der Waals surface area contributed by atoms with E-state index in [2.05, 4.69) is 9.98 Å². The Labute approximate surface area is 129 Å². The maximum absolute atomic E-state index is 10.6. The first-order valence-corrected chi connectivity index (χ1v) is 7.11. The van der Waals surface area contributed by atoms with Crippen LogP contribution in [0.1, 0.15) is 29.4 Å². The number of benzene rings is 1. The van der Waals surface area contributed by atoms with Crippen molar-refractivity contribution in [1.29, 1.82) is 0 Å². The van der Waals surface area contributed by atoms with Crippen LogP contribution in [-0.2, 0) is 11.2 Å². The zero-order valence-corrected chi connectivity index (χ0v) is 13.1. The molecule has 0 fully saturated rings. The molecule has 108 valence electrons. The molecule has 2 aromatic rings. The summed E-state index contributed by atoms with van der Waals surface area (Å²) < 4.78 is 0. The lowest BCUT2D eigenvalue weighted by atomic mass is 10.1. The Kier molecular flexibility index (Phi) is 4.86. The van der Waals surface area contributed by atoms with Gasteiger partial charge < -0.3 is 4.79 Å². The Morgan fingerprint density at radius 3 is 2.76 bits per heavy atom. The molecule has 1 aromatic carbocycles. The summed E-state index contributed by atoms with van der Waals surface area (Å²) in [6.45, 7) is 5.88. The first-order valence-electron chi connectivity index (χ1n) is 6.73. The van der Waals surface area contributed by atoms with Crippen LogP contribution >= 0.6 is 11.6 Å². The topological polar surface area (TPSA) is 42.3 Å². The van der Waals surface area contributed by atoms with Gasteiger partial charge in [-0.1, -0.05) is 23.7 Å². The molecular weight excluding hydrogens is 284 g/mol. The summed E-state index contributed by atoms with van der Waals surface area (Å²) in [5, 5.41) is 0.635. The summed E-state index contributed by atoms with van der Waals surface area (Å²) in [4.78, 5) is 19.6. The molecular formula is C17H17ClN2O. The van der Waals surface area contributed by atoms with Crippen molar-refractivity contribution in [2.45, 2.75) is 27.2 Å². The molecule has 0 atom stereocenters. The molecule has 1 heterocycles. The van der Waals surface area contributed by atoms with Crippen molar-refractivity contribution < 1.29 is 4.79 Å². The van der Waals surface area contributed by atoms with Crippen molar-refractivity contribution >= 4 is 29.3 Å². The van der Waals surface area contributed by atoms with Crippen LogP contribution in [-0.4, -0.2) is 17.0 Å². The average molecular weight is 301 g/mol. The Morgan fingerprint density at radius 1 is 1.33 bits per heavy atom. The van der Waals surface area contributed by atoms with Crippen molar-refractivity contribution in [1.82, 2.24) is 4.98 Å². The van der Waals surface area contributed by atoms with Gasteiger partial charge in [-0.3, -0.25) is 4.98 Å². The molecule has 0 unspecified atom stereocenters. The third kappa shape index (κ3) is 3.76. The Bertz CT molecular complexity index is 685. The van der Waals surface area contributed by atoms with Crippen LogP contribution in [0.4, 0.5) is 5.69 Å². The molecule has 0 aliphatic rings. The summed E-state index contributed by atoms with van der Waals surface area (Å²) >= 11 is 6.27. The van der Waals surface area contributed by atoms with Gasteiger partial charge in [0.2, 0.25) is 0 Å². The molecule has 4 heteroatoms. The molecule has 0 N–H and O–H groups in total. The lowest BCUT2D eigenvalue weighted by Crippen LogP contribution is -2.02. The second-order valence-electron chi connectivity index (χ2n) is 4.99. The number of rotatable bonds is 4. The number of pyridine rings is 1. The van der Waals surface area contributed by atoms with Gasteiger partial charge in [-0.05, 0) is 50.1 Å². The van der Waals surface area contributed by atoms with Crippen LogP contribution in [0.25, 0.3) is 0 Å². The van der Waals surface area contributed by atoms with Gasteiger partial charge in [0, 0.05) is 12.1 Å². The number of carbonyl (C=O) groups excluding carboxylic acids is 1. The number of hydrogen-bond donors (Lipinski definition) is 0. The van der Waals surface area contributed by atoms with Gasteiger partial charge in [0.25, 0.3) is 0 Å². The summed E-state index contributed by atoms with van der Waals surface area (Å²) in [6.07, 6.45) is 1.16. The second-order valence-corrected chi connectivity index (χ2v) is 5.40. The van der Waals surface area contributed by atoms with Crippen molar-refractivity contribution in [3.8, 4) is 0 Å². The summed E-state index contributed by atoms with van der Waals surface area (Å²) in [6, 6.07) is 9.54. The van der Waals surface area contributed by atoms with Crippen LogP contribution < -0.4 is 0 Å². The molecule has 3 nitrogen and oxygen atoms in total. The van der Waals surface area contributed by atoms with Crippen LogP contribution in [0.15, 0.2) is 35.3 Å². The normalized spacial score (nSPS) is 11.5. The minimum atomic E-state index is 0.311. The average Bonchev–Trinajstić information content (AvgIpc) is 2.43. The highest BCUT2D eigenvalue weighted by Crippen LogP contribution is 2.30. The number of halogens is 1. The summed E-state index contributed by atoms with van der Waals surface area (Å²) in [7, 11) is 0. The van der Waals surface area contributed by atoms with E-state index in [0.717, 1.165) is 40.2 Å². The Morgan fingerprint density at radius 2 is 2.10 bits per heavy atom. The SMILES string of the molecule is CC(=Nc1c(C)cc(C)cc1Cl)c1cccc(CC=O)n1. The van der Waals surface area contributed by atoms with Crippen LogP contribution in [0.5, 0.6) is 0 Å². The highest BCUT2D eigenvalue weighted by atomic mass is 35.5. The smallest absolute Gasteiger partial charge is 0.125 e. The summed E-state index contributed by atoms with van der Waals surface area (Å²) in [5.41, 5.74) is 5.18. The second kappa shape index (κ2) is 6.64. The highest BCUT2D eigenvalue weighted by molar-refractivity contribution is 6.33. The van der Waals surface area contributed by atoms with Crippen molar-refractivity contribution in [2.24, 2.45) is 4.99 Å². The van der Waals surface area contributed by atoms with E-state index in [9.17, 15) is 4.79 Å². The van der Waals surface area contributed by atoms with Gasteiger partial charge in [0.15, 0.2) is 0 Å². The molecule has 0 amide bonds. The monoisotopic (exact) mass is 300 g/mol. The van der Waals surface area contributed by atoms with Gasteiger partial charge >= 0.3 is 0 Å². The van der Waals surface area contributed by atoms with E-state index in [1.165, 1.54) is 0 Å². The third-order valence-electron chi connectivity index (χ3n) is 3.15. The fourth-order valence-corrected chi connectivity index (χ4v) is 2.52. The van der Waals surface area contributed by atoms with Crippen LogP contribution in [0.3, 0.4) is 0 Å². The molecule has 0 saturated heterocycles. The van der Waals surface area contributed by atoms with Crippen LogP contribution in [0, 0.1) is 13.8 Å². The third-order valence-corrected chi connectivity index (χ3v) is 3.44. The molecule has 2 rings (SSSR count). The maximum Gasteiger partial charge on any atom is 0.125 e. The fraction of sp³-hybridized carbons (Fsp3) is 0.235. The van der Waals surface area contributed by atoms with E-state index in [4.69, 9.17) is 11.6 Å². The molecule has 0 radical (unpaired) electrons. The standard InChI is InChI=1S/C17H17ClN2O/c1-11-9-12(2)17(15(18)10-11)19-13(3)16-6-4-5-14(20-16)7-8-21/h4-6,8-10H,7H2,1-3H3. The number of carbonyl (C=O) groups is 1. The van der Waals surface area contributed by atoms with Gasteiger partial charge in [0.05, 0.1) is 22.1 Å². The minimum Gasteiger partial charge on any atom is -0.303 e. The van der Waals surface area contributed by atoms with E-state index in [0.29, 0.717) is 11.4 Å². The van der Waals surface area contributed by atoms with Crippen molar-refractivity contribution in [3.05, 3.63) is 57.9 Å². The fourth-order valence-electron chi connectivity index (χ4n) is 2.15. The number of aldehydes is 1. The molecule has 0 saturated carbocycles. The lowest BCUT2D eigenvalue weighted by molar-refractivity contribution is -0.107. The number of aryl methyl sites for hydroxylation is 2. The zero-order chi connectivity index (χ0) is 15.4. The predicted molar refractivity (Wildman–Crippen MR) is 86.8 cm³/mol. The first-order chi connectivity index (χ1) is 10.0. The van der Waals surface area contributed by atoms with E-state index >= 15 is 0 Å². The molecule has 0 aliphatic heterocycles. The largest absolute Gasteiger partial charge is 0.303 e.